The average molecular weight is 379 g/mol. The lowest BCUT2D eigenvalue weighted by molar-refractivity contribution is -0.120. The van der Waals surface area contributed by atoms with Crippen LogP contribution in [-0.4, -0.2) is 53.1 Å². The molecule has 0 unspecified atom stereocenters. The number of rotatable bonds is 6. The highest BCUT2D eigenvalue weighted by Crippen LogP contribution is 2.26. The van der Waals surface area contributed by atoms with Crippen molar-refractivity contribution in [2.75, 3.05) is 19.3 Å². The number of piperidine rings is 1. The predicted octanol–water partition coefficient (Wildman–Crippen LogP) is 0.462. The van der Waals surface area contributed by atoms with Gasteiger partial charge in [0.1, 0.15) is 0 Å². The van der Waals surface area contributed by atoms with Crippen LogP contribution in [0.1, 0.15) is 36.0 Å². The molecule has 0 spiro atoms. The van der Waals surface area contributed by atoms with E-state index in [9.17, 15) is 13.2 Å². The van der Waals surface area contributed by atoms with E-state index in [4.69, 9.17) is 4.52 Å². The number of nitrogens with one attached hydrogen (secondary N) is 1. The molecule has 0 atom stereocenters. The van der Waals surface area contributed by atoms with Gasteiger partial charge in [-0.25, -0.2) is 12.7 Å². The Hall–Kier alpha value is -2.33. The minimum absolute atomic E-state index is 0.0663. The summed E-state index contributed by atoms with van der Waals surface area (Å²) in [6, 6.07) is 3.61. The fourth-order valence-corrected chi connectivity index (χ4v) is 3.75. The van der Waals surface area contributed by atoms with Crippen LogP contribution in [0.15, 0.2) is 29.0 Å². The number of amides is 1. The number of sulfonamides is 1. The maximum absolute atomic E-state index is 11.9. The molecule has 3 heterocycles. The smallest absolute Gasteiger partial charge is 0.246 e. The first kappa shape index (κ1) is 18.5. The van der Waals surface area contributed by atoms with E-state index in [0.29, 0.717) is 37.6 Å². The second-order valence-corrected chi connectivity index (χ2v) is 8.28. The molecule has 9 nitrogen and oxygen atoms in total. The normalized spacial score (nSPS) is 16.5. The topological polar surface area (TPSA) is 118 Å². The van der Waals surface area contributed by atoms with Crippen molar-refractivity contribution in [3.8, 4) is 0 Å². The number of pyridine rings is 1. The van der Waals surface area contributed by atoms with Crippen molar-refractivity contribution in [3.63, 3.8) is 0 Å². The van der Waals surface area contributed by atoms with Gasteiger partial charge in [0.15, 0.2) is 5.82 Å². The highest BCUT2D eigenvalue weighted by molar-refractivity contribution is 7.88. The van der Waals surface area contributed by atoms with Crippen LogP contribution >= 0.6 is 0 Å². The first-order chi connectivity index (χ1) is 12.4. The van der Waals surface area contributed by atoms with Crippen molar-refractivity contribution in [1.82, 2.24) is 24.7 Å². The lowest BCUT2D eigenvalue weighted by Crippen LogP contribution is -2.37. The van der Waals surface area contributed by atoms with Crippen molar-refractivity contribution in [2.24, 2.45) is 0 Å². The van der Waals surface area contributed by atoms with Gasteiger partial charge in [-0.15, -0.1) is 0 Å². The largest absolute Gasteiger partial charge is 0.347 e. The molecule has 26 heavy (non-hydrogen) atoms. The van der Waals surface area contributed by atoms with Gasteiger partial charge in [-0.3, -0.25) is 9.78 Å². The number of aromatic nitrogens is 3. The van der Waals surface area contributed by atoms with Crippen molar-refractivity contribution in [1.29, 1.82) is 0 Å². The first-order valence-corrected chi connectivity index (χ1v) is 10.2. The van der Waals surface area contributed by atoms with Crippen molar-refractivity contribution in [3.05, 3.63) is 41.8 Å². The summed E-state index contributed by atoms with van der Waals surface area (Å²) >= 11 is 0. The van der Waals surface area contributed by atoms with Crippen LogP contribution in [0.5, 0.6) is 0 Å². The summed E-state index contributed by atoms with van der Waals surface area (Å²) in [6.45, 7) is 1.07. The third-order valence-electron chi connectivity index (χ3n) is 4.30. The molecule has 0 saturated carbocycles. The molecule has 10 heteroatoms. The molecule has 0 radical (unpaired) electrons. The number of carbonyl (C=O) groups excluding carboxylic acids is 1. The summed E-state index contributed by atoms with van der Waals surface area (Å²) in [5.41, 5.74) is 0.828. The SMILES string of the molecule is CS(=O)(=O)N1CCC(c2noc(CNC(=O)Cc3cccnc3)n2)CC1. The molecule has 140 valence electrons. The zero-order chi connectivity index (χ0) is 18.6. The summed E-state index contributed by atoms with van der Waals surface area (Å²) in [5.74, 6) is 0.815. The number of nitrogens with zero attached hydrogens (tertiary/aromatic N) is 4. The maximum atomic E-state index is 11.9. The maximum Gasteiger partial charge on any atom is 0.246 e. The minimum Gasteiger partial charge on any atom is -0.347 e. The summed E-state index contributed by atoms with van der Waals surface area (Å²) in [7, 11) is -3.15. The molecule has 0 bridgehead atoms. The third kappa shape index (κ3) is 4.85. The van der Waals surface area contributed by atoms with Crippen LogP contribution < -0.4 is 5.32 Å². The van der Waals surface area contributed by atoms with E-state index in [1.165, 1.54) is 10.6 Å². The molecule has 1 saturated heterocycles. The van der Waals surface area contributed by atoms with Crippen LogP contribution in [0.2, 0.25) is 0 Å². The molecule has 1 N–H and O–H groups in total. The zero-order valence-electron chi connectivity index (χ0n) is 14.5. The Morgan fingerprint density at radius 3 is 2.81 bits per heavy atom. The van der Waals surface area contributed by atoms with Gasteiger partial charge in [-0.1, -0.05) is 11.2 Å². The van der Waals surface area contributed by atoms with Gasteiger partial charge in [-0.2, -0.15) is 4.98 Å². The van der Waals surface area contributed by atoms with Gasteiger partial charge >= 0.3 is 0 Å². The van der Waals surface area contributed by atoms with E-state index >= 15 is 0 Å². The molecule has 1 amide bonds. The van der Waals surface area contributed by atoms with Crippen LogP contribution in [-0.2, 0) is 27.8 Å². The number of hydrogen-bond donors (Lipinski definition) is 1. The molecule has 3 rings (SSSR count). The van der Waals surface area contributed by atoms with E-state index in [-0.39, 0.29) is 24.8 Å². The molecular formula is C16H21N5O4S. The molecule has 1 fully saturated rings. The van der Waals surface area contributed by atoms with Crippen molar-refractivity contribution < 1.29 is 17.7 Å². The Morgan fingerprint density at radius 1 is 1.38 bits per heavy atom. The average Bonchev–Trinajstić information content (AvgIpc) is 3.09. The molecule has 1 aliphatic rings. The standard InChI is InChI=1S/C16H21N5O4S/c1-26(23,24)21-7-4-13(5-8-21)16-19-15(25-20-16)11-18-14(22)9-12-3-2-6-17-10-12/h2-3,6,10,13H,4-5,7-9,11H2,1H3,(H,18,22). The predicted molar refractivity (Wildman–Crippen MR) is 92.5 cm³/mol. The Balaban J connectivity index is 1.48. The Kier molecular flexibility index (Phi) is 5.62. The quantitative estimate of drug-likeness (QED) is 0.774. The fraction of sp³-hybridized carbons (Fsp3) is 0.500. The van der Waals surface area contributed by atoms with Crippen molar-refractivity contribution in [2.45, 2.75) is 31.7 Å². The second-order valence-electron chi connectivity index (χ2n) is 6.30. The third-order valence-corrected chi connectivity index (χ3v) is 5.60. The van der Waals surface area contributed by atoms with Gasteiger partial charge < -0.3 is 9.84 Å². The molecule has 1 aliphatic heterocycles. The van der Waals surface area contributed by atoms with Crippen LogP contribution in [0.25, 0.3) is 0 Å². The lowest BCUT2D eigenvalue weighted by atomic mass is 9.98. The van der Waals surface area contributed by atoms with Crippen LogP contribution in [0.3, 0.4) is 0 Å². The Bertz CT molecular complexity index is 845. The van der Waals surface area contributed by atoms with Gasteiger partial charge in [0.2, 0.25) is 21.8 Å². The van der Waals surface area contributed by atoms with Gasteiger partial charge in [-0.05, 0) is 24.5 Å². The van der Waals surface area contributed by atoms with E-state index in [0.717, 1.165) is 5.56 Å². The number of carbonyl (C=O) groups is 1. The summed E-state index contributed by atoms with van der Waals surface area (Å²) < 4.78 is 29.7. The van der Waals surface area contributed by atoms with E-state index < -0.39 is 10.0 Å². The van der Waals surface area contributed by atoms with Crippen molar-refractivity contribution >= 4 is 15.9 Å². The molecule has 2 aromatic rings. The van der Waals surface area contributed by atoms with Crippen LogP contribution in [0.4, 0.5) is 0 Å². The highest BCUT2D eigenvalue weighted by atomic mass is 32.2. The van der Waals surface area contributed by atoms with Gasteiger partial charge in [0.25, 0.3) is 0 Å². The summed E-state index contributed by atoms with van der Waals surface area (Å²) in [5, 5.41) is 6.71. The highest BCUT2D eigenvalue weighted by Gasteiger charge is 2.28. The summed E-state index contributed by atoms with van der Waals surface area (Å²) in [6.07, 6.45) is 6.06. The van der Waals surface area contributed by atoms with E-state index in [2.05, 4.69) is 20.4 Å². The lowest BCUT2D eigenvalue weighted by Gasteiger charge is -2.28. The first-order valence-electron chi connectivity index (χ1n) is 8.35. The molecule has 2 aromatic heterocycles. The fourth-order valence-electron chi connectivity index (χ4n) is 2.88. The minimum atomic E-state index is -3.15. The molecule has 0 aliphatic carbocycles. The molecular weight excluding hydrogens is 358 g/mol. The van der Waals surface area contributed by atoms with Gasteiger partial charge in [0, 0.05) is 31.4 Å². The van der Waals surface area contributed by atoms with E-state index in [1.807, 2.05) is 6.07 Å². The second kappa shape index (κ2) is 7.92. The monoisotopic (exact) mass is 379 g/mol. The Morgan fingerprint density at radius 2 is 2.15 bits per heavy atom. The number of hydrogen-bond acceptors (Lipinski definition) is 7. The van der Waals surface area contributed by atoms with Crippen LogP contribution in [0, 0.1) is 0 Å². The molecule has 0 aromatic carbocycles. The van der Waals surface area contributed by atoms with E-state index in [1.54, 1.807) is 18.5 Å². The summed E-state index contributed by atoms with van der Waals surface area (Å²) in [4.78, 5) is 20.2. The zero-order valence-corrected chi connectivity index (χ0v) is 15.3. The Labute approximate surface area is 151 Å². The van der Waals surface area contributed by atoms with Gasteiger partial charge in [0.05, 0.1) is 19.2 Å².